The summed E-state index contributed by atoms with van der Waals surface area (Å²) in [7, 11) is 1.46. The van der Waals surface area contributed by atoms with Crippen molar-refractivity contribution in [3.63, 3.8) is 0 Å². The van der Waals surface area contributed by atoms with Gasteiger partial charge in [-0.25, -0.2) is 5.43 Å². The molecule has 22 heavy (non-hydrogen) atoms. The van der Waals surface area contributed by atoms with Gasteiger partial charge in [-0.15, -0.1) is 0 Å². The maximum Gasteiger partial charge on any atom is 0.264 e. The van der Waals surface area contributed by atoms with E-state index in [1.807, 2.05) is 30.3 Å². The summed E-state index contributed by atoms with van der Waals surface area (Å²) in [5.41, 5.74) is 4.03. The van der Waals surface area contributed by atoms with E-state index >= 15 is 0 Å². The van der Waals surface area contributed by atoms with Crippen molar-refractivity contribution in [2.45, 2.75) is 0 Å². The number of hydrogen-bond donors (Lipinski definition) is 2. The Hall–Kier alpha value is -3.08. The Kier molecular flexibility index (Phi) is 5.31. The first-order valence-electron chi connectivity index (χ1n) is 6.62. The zero-order valence-corrected chi connectivity index (χ0v) is 12.1. The predicted octanol–water partition coefficient (Wildman–Crippen LogP) is 2.56. The van der Waals surface area contributed by atoms with Crippen LogP contribution in [0.3, 0.4) is 0 Å². The predicted molar refractivity (Wildman–Crippen MR) is 85.9 cm³/mol. The monoisotopic (exact) mass is 296 g/mol. The normalized spacial score (nSPS) is 11.0. The van der Waals surface area contributed by atoms with Gasteiger partial charge in [0.25, 0.3) is 5.91 Å². The van der Waals surface area contributed by atoms with Crippen molar-refractivity contribution in [2.24, 2.45) is 5.10 Å². The van der Waals surface area contributed by atoms with E-state index in [1.54, 1.807) is 18.2 Å². The highest BCUT2D eigenvalue weighted by molar-refractivity contribution is 5.92. The fourth-order valence-electron chi connectivity index (χ4n) is 1.72. The van der Waals surface area contributed by atoms with E-state index in [4.69, 9.17) is 4.74 Å². The first kappa shape index (κ1) is 15.3. The highest BCUT2D eigenvalue weighted by atomic mass is 16.5. The second-order valence-electron chi connectivity index (χ2n) is 4.41. The molecule has 0 bridgehead atoms. The lowest BCUT2D eigenvalue weighted by molar-refractivity contribution is -0.116. The first-order valence-corrected chi connectivity index (χ1v) is 6.62. The third-order valence-corrected chi connectivity index (χ3v) is 2.82. The minimum absolute atomic E-state index is 0.0504. The van der Waals surface area contributed by atoms with Crippen molar-refractivity contribution < 1.29 is 14.6 Å². The van der Waals surface area contributed by atoms with Crippen LogP contribution in [-0.2, 0) is 4.79 Å². The average molecular weight is 296 g/mol. The Morgan fingerprint density at radius 3 is 2.68 bits per heavy atom. The van der Waals surface area contributed by atoms with Gasteiger partial charge in [-0.3, -0.25) is 4.79 Å². The molecule has 1 amide bonds. The van der Waals surface area contributed by atoms with E-state index in [2.05, 4.69) is 10.5 Å². The zero-order chi connectivity index (χ0) is 15.8. The van der Waals surface area contributed by atoms with Crippen LogP contribution in [0.2, 0.25) is 0 Å². The van der Waals surface area contributed by atoms with Gasteiger partial charge in [-0.05, 0) is 35.4 Å². The van der Waals surface area contributed by atoms with Crippen LogP contribution in [0.15, 0.2) is 59.7 Å². The standard InChI is InChI=1S/C17H16N2O3/c1-22-16-11-14(7-9-15(16)20)12-18-19-17(21)10-8-13-5-3-2-4-6-13/h2-12,20H,1H3,(H,19,21)/b10-8+,18-12?. The molecule has 2 N–H and O–H groups in total. The summed E-state index contributed by atoms with van der Waals surface area (Å²) >= 11 is 0. The molecule has 0 fully saturated rings. The smallest absolute Gasteiger partial charge is 0.264 e. The summed E-state index contributed by atoms with van der Waals surface area (Å²) in [5.74, 6) is 0.0691. The molecule has 0 aliphatic heterocycles. The first-order chi connectivity index (χ1) is 10.7. The molecule has 0 aliphatic carbocycles. The highest BCUT2D eigenvalue weighted by Gasteiger charge is 2.00. The van der Waals surface area contributed by atoms with E-state index in [1.165, 1.54) is 25.5 Å². The lowest BCUT2D eigenvalue weighted by Gasteiger charge is -2.03. The second-order valence-corrected chi connectivity index (χ2v) is 4.41. The van der Waals surface area contributed by atoms with Gasteiger partial charge in [0.05, 0.1) is 13.3 Å². The maximum absolute atomic E-state index is 11.6. The van der Waals surface area contributed by atoms with Gasteiger partial charge in [-0.2, -0.15) is 5.10 Å². The average Bonchev–Trinajstić information content (AvgIpc) is 2.55. The molecular weight excluding hydrogens is 280 g/mol. The Morgan fingerprint density at radius 1 is 1.18 bits per heavy atom. The third-order valence-electron chi connectivity index (χ3n) is 2.82. The van der Waals surface area contributed by atoms with Crippen LogP contribution in [0.25, 0.3) is 6.08 Å². The number of ether oxygens (including phenoxy) is 1. The van der Waals surface area contributed by atoms with Crippen LogP contribution in [-0.4, -0.2) is 24.3 Å². The molecular formula is C17H16N2O3. The van der Waals surface area contributed by atoms with Gasteiger partial charge < -0.3 is 9.84 Å². The largest absolute Gasteiger partial charge is 0.504 e. The molecule has 0 unspecified atom stereocenters. The number of rotatable bonds is 5. The van der Waals surface area contributed by atoms with Gasteiger partial charge in [0, 0.05) is 6.08 Å². The summed E-state index contributed by atoms with van der Waals surface area (Å²) in [6, 6.07) is 14.3. The molecule has 5 heteroatoms. The Morgan fingerprint density at radius 2 is 1.95 bits per heavy atom. The van der Waals surface area contributed by atoms with Crippen molar-refractivity contribution >= 4 is 18.2 Å². The maximum atomic E-state index is 11.6. The number of amides is 1. The summed E-state index contributed by atoms with van der Waals surface area (Å²) in [6.07, 6.45) is 4.58. The van der Waals surface area contributed by atoms with Crippen molar-refractivity contribution in [3.05, 3.63) is 65.7 Å². The molecule has 0 spiro atoms. The van der Waals surface area contributed by atoms with Crippen molar-refractivity contribution in [3.8, 4) is 11.5 Å². The molecule has 0 atom stereocenters. The molecule has 2 rings (SSSR count). The zero-order valence-electron chi connectivity index (χ0n) is 12.1. The quantitative estimate of drug-likeness (QED) is 0.506. The van der Waals surface area contributed by atoms with E-state index in [9.17, 15) is 9.90 Å². The van der Waals surface area contributed by atoms with Crippen molar-refractivity contribution in [2.75, 3.05) is 7.11 Å². The number of carbonyl (C=O) groups excluding carboxylic acids is 1. The number of aromatic hydroxyl groups is 1. The number of benzene rings is 2. The summed E-state index contributed by atoms with van der Waals surface area (Å²) in [6.45, 7) is 0. The highest BCUT2D eigenvalue weighted by Crippen LogP contribution is 2.25. The van der Waals surface area contributed by atoms with Gasteiger partial charge in [-0.1, -0.05) is 30.3 Å². The van der Waals surface area contributed by atoms with Gasteiger partial charge in [0.15, 0.2) is 11.5 Å². The summed E-state index contributed by atoms with van der Waals surface area (Å²) in [5, 5.41) is 13.3. The van der Waals surface area contributed by atoms with Crippen LogP contribution in [0.4, 0.5) is 0 Å². The van der Waals surface area contributed by atoms with Crippen molar-refractivity contribution in [1.82, 2.24) is 5.43 Å². The summed E-state index contributed by atoms with van der Waals surface area (Å²) < 4.78 is 4.99. The molecule has 2 aromatic carbocycles. The van der Waals surface area contributed by atoms with Crippen LogP contribution in [0.1, 0.15) is 11.1 Å². The van der Waals surface area contributed by atoms with E-state index in [0.29, 0.717) is 11.3 Å². The van der Waals surface area contributed by atoms with Crippen LogP contribution in [0.5, 0.6) is 11.5 Å². The minimum Gasteiger partial charge on any atom is -0.504 e. The molecule has 2 aromatic rings. The number of hydrazone groups is 1. The van der Waals surface area contributed by atoms with Gasteiger partial charge in [0.2, 0.25) is 0 Å². The number of carbonyl (C=O) groups is 1. The molecule has 0 aromatic heterocycles. The van der Waals surface area contributed by atoms with E-state index in [0.717, 1.165) is 5.56 Å². The molecule has 5 nitrogen and oxygen atoms in total. The van der Waals surface area contributed by atoms with Gasteiger partial charge in [0.1, 0.15) is 0 Å². The molecule has 0 heterocycles. The van der Waals surface area contributed by atoms with Crippen LogP contribution in [0, 0.1) is 0 Å². The molecule has 0 aliphatic rings. The number of phenolic OH excluding ortho intramolecular Hbond substituents is 1. The Balaban J connectivity index is 1.92. The van der Waals surface area contributed by atoms with Crippen LogP contribution >= 0.6 is 0 Å². The molecule has 112 valence electrons. The van der Waals surface area contributed by atoms with Gasteiger partial charge >= 0.3 is 0 Å². The minimum atomic E-state index is -0.328. The van der Waals surface area contributed by atoms with Crippen molar-refractivity contribution in [1.29, 1.82) is 0 Å². The molecule has 0 saturated heterocycles. The topological polar surface area (TPSA) is 70.9 Å². The number of phenols is 1. The van der Waals surface area contributed by atoms with Crippen LogP contribution < -0.4 is 10.2 Å². The summed E-state index contributed by atoms with van der Waals surface area (Å²) in [4.78, 5) is 11.6. The fraction of sp³-hybridized carbons (Fsp3) is 0.0588. The van der Waals surface area contributed by atoms with E-state index in [-0.39, 0.29) is 11.7 Å². The molecule has 0 saturated carbocycles. The Bertz CT molecular complexity index is 694. The fourth-order valence-corrected chi connectivity index (χ4v) is 1.72. The second kappa shape index (κ2) is 7.64. The number of nitrogens with one attached hydrogen (secondary N) is 1. The SMILES string of the molecule is COc1cc(C=NNC(=O)/C=C/c2ccccc2)ccc1O. The van der Waals surface area contributed by atoms with E-state index < -0.39 is 0 Å². The Labute approximate surface area is 128 Å². The third kappa shape index (κ3) is 4.49. The number of nitrogens with zero attached hydrogens (tertiary/aromatic N) is 1. The number of methoxy groups -OCH3 is 1. The lowest BCUT2D eigenvalue weighted by Crippen LogP contribution is -2.14. The molecule has 0 radical (unpaired) electrons. The number of hydrogen-bond acceptors (Lipinski definition) is 4. The lowest BCUT2D eigenvalue weighted by atomic mass is 10.2.